The Kier molecular flexibility index (Phi) is 16.3. The molecule has 0 radical (unpaired) electrons. The molecule has 0 bridgehead atoms. The number of carbonyl (C=O) groups is 7. The minimum atomic E-state index is -1.52. The molecule has 2 aliphatic rings. The summed E-state index contributed by atoms with van der Waals surface area (Å²) < 4.78 is 0. The van der Waals surface area contributed by atoms with Gasteiger partial charge < -0.3 is 57.0 Å². The van der Waals surface area contributed by atoms with Crippen molar-refractivity contribution in [1.29, 1.82) is 0 Å². The zero-order chi connectivity index (χ0) is 43.2. The van der Waals surface area contributed by atoms with Gasteiger partial charge in [-0.25, -0.2) is 14.8 Å². The van der Waals surface area contributed by atoms with Crippen LogP contribution in [0.1, 0.15) is 62.9 Å². The summed E-state index contributed by atoms with van der Waals surface area (Å²) in [6.07, 6.45) is 8.32. The summed E-state index contributed by atoms with van der Waals surface area (Å²) >= 11 is 0. The summed E-state index contributed by atoms with van der Waals surface area (Å²) in [7, 11) is 0. The van der Waals surface area contributed by atoms with E-state index >= 15 is 0 Å². The van der Waals surface area contributed by atoms with E-state index in [4.69, 9.17) is 0 Å². The minimum absolute atomic E-state index is 0.0150. The van der Waals surface area contributed by atoms with Gasteiger partial charge in [0.25, 0.3) is 0 Å². The predicted octanol–water partition coefficient (Wildman–Crippen LogP) is -1.55. The second-order valence-corrected chi connectivity index (χ2v) is 15.2. The van der Waals surface area contributed by atoms with Crippen molar-refractivity contribution in [2.45, 2.75) is 108 Å². The van der Waals surface area contributed by atoms with Crippen LogP contribution in [0, 0.1) is 5.92 Å². The van der Waals surface area contributed by atoms with E-state index in [-0.39, 0.29) is 32.2 Å². The lowest BCUT2D eigenvalue weighted by Gasteiger charge is -2.31. The van der Waals surface area contributed by atoms with Crippen LogP contribution in [0.25, 0.3) is 0 Å². The van der Waals surface area contributed by atoms with Crippen LogP contribution >= 0.6 is 0 Å². The first-order valence-corrected chi connectivity index (χ1v) is 20.3. The van der Waals surface area contributed by atoms with Gasteiger partial charge in [-0.2, -0.15) is 0 Å². The number of benzene rings is 1. The van der Waals surface area contributed by atoms with Crippen molar-refractivity contribution in [3.63, 3.8) is 0 Å². The molecule has 60 heavy (non-hydrogen) atoms. The van der Waals surface area contributed by atoms with Crippen LogP contribution in [0.4, 0.5) is 0 Å². The molecule has 2 fully saturated rings. The van der Waals surface area contributed by atoms with E-state index in [1.54, 1.807) is 44.2 Å². The number of H-pyrrole nitrogens is 2. The van der Waals surface area contributed by atoms with Crippen molar-refractivity contribution in [2.75, 3.05) is 19.7 Å². The maximum Gasteiger partial charge on any atom is 0.326 e. The normalized spacial score (nSPS) is 19.2. The van der Waals surface area contributed by atoms with Crippen molar-refractivity contribution in [2.24, 2.45) is 5.92 Å². The number of carboxylic acid groups (broad SMARTS) is 1. The number of imidazole rings is 2. The highest BCUT2D eigenvalue weighted by Crippen LogP contribution is 2.21. The summed E-state index contributed by atoms with van der Waals surface area (Å²) in [6, 6.07) is 0.934. The fourth-order valence-corrected chi connectivity index (χ4v) is 7.33. The quantitative estimate of drug-likeness (QED) is 0.0584. The summed E-state index contributed by atoms with van der Waals surface area (Å²) in [4.78, 5) is 110. The molecule has 0 spiro atoms. The molecular weight excluding hydrogens is 779 g/mol. The van der Waals surface area contributed by atoms with Gasteiger partial charge in [-0.3, -0.25) is 28.8 Å². The minimum Gasteiger partial charge on any atom is -0.480 e. The standard InChI is InChI=1S/C40H55N11O9/c1-3-23(2)33(50-36(55)31(20-52)49-35(54)28(16-25-18-41-21-44-25)46-34(53)27-11-7-13-43-27)38(57)47-29(17-26-19-42-22-45-26)39(58)51-14-8-12-32(51)37(56)48-30(40(59)60)15-24-9-5-4-6-10-24/h4-6,9-10,18-19,21-23,27-33,43,52H,3,7-8,11-17,20H2,1-2H3,(H,41,44)(H,42,45)(H,46,53)(H,47,57)(H,48,56)(H,49,54)(H,50,55)(H,59,60)/t23-,27-,28-,29-,30-,31-,32-,33-/m0/s1. The second-order valence-electron chi connectivity index (χ2n) is 15.2. The molecule has 10 N–H and O–H groups in total. The number of carbonyl (C=O) groups excluding carboxylic acids is 6. The Bertz CT molecular complexity index is 1910. The topological polar surface area (TPSA) is 293 Å². The maximum atomic E-state index is 14.3. The second kappa shape index (κ2) is 21.7. The number of likely N-dealkylation sites (tertiary alicyclic amines) is 1. The number of carboxylic acids is 1. The average Bonchev–Trinajstić information content (AvgIpc) is 4.10. The molecule has 2 aromatic heterocycles. The van der Waals surface area contributed by atoms with Crippen molar-refractivity contribution in [3.05, 3.63) is 72.3 Å². The number of hydrogen-bond acceptors (Lipinski definition) is 11. The summed E-state index contributed by atoms with van der Waals surface area (Å²) in [5, 5.41) is 36.5. The van der Waals surface area contributed by atoms with E-state index in [0.29, 0.717) is 42.8 Å². The van der Waals surface area contributed by atoms with E-state index in [1.807, 2.05) is 0 Å². The number of rotatable bonds is 21. The van der Waals surface area contributed by atoms with Gasteiger partial charge in [0.15, 0.2) is 0 Å². The Labute approximate surface area is 346 Å². The first-order valence-electron chi connectivity index (χ1n) is 20.3. The predicted molar refractivity (Wildman–Crippen MR) is 214 cm³/mol. The van der Waals surface area contributed by atoms with Crippen molar-refractivity contribution < 1.29 is 43.8 Å². The van der Waals surface area contributed by atoms with Gasteiger partial charge in [0.1, 0.15) is 36.3 Å². The molecule has 0 aliphatic carbocycles. The lowest BCUT2D eigenvalue weighted by molar-refractivity contribution is -0.145. The number of aliphatic hydroxyl groups excluding tert-OH is 1. The van der Waals surface area contributed by atoms with Gasteiger partial charge in [-0.15, -0.1) is 0 Å². The SMILES string of the molecule is CC[C@H](C)[C@H](NC(=O)[C@H](CO)NC(=O)[C@H](Cc1cnc[nH]1)NC(=O)[C@@H]1CCCN1)C(=O)N[C@@H](Cc1cnc[nH]1)C(=O)N1CCC[C@H]1C(=O)N[C@@H](Cc1ccccc1)C(=O)O. The lowest BCUT2D eigenvalue weighted by atomic mass is 9.97. The van der Waals surface area contributed by atoms with Crippen molar-refractivity contribution in [1.82, 2.24) is 56.7 Å². The first-order chi connectivity index (χ1) is 28.9. The monoisotopic (exact) mass is 833 g/mol. The lowest BCUT2D eigenvalue weighted by Crippen LogP contribution is -2.61. The molecule has 2 aliphatic heterocycles. The fraction of sp³-hybridized carbons (Fsp3) is 0.525. The number of nitrogens with zero attached hydrogens (tertiary/aromatic N) is 3. The third-order valence-electron chi connectivity index (χ3n) is 10.9. The van der Waals surface area contributed by atoms with Gasteiger partial charge in [-0.1, -0.05) is 50.6 Å². The van der Waals surface area contributed by atoms with Gasteiger partial charge in [0.05, 0.1) is 25.3 Å². The summed E-state index contributed by atoms with van der Waals surface area (Å²) in [5.41, 5.74) is 1.74. The highest BCUT2D eigenvalue weighted by molar-refractivity contribution is 5.97. The number of aliphatic carboxylic acids is 1. The number of nitrogens with one attached hydrogen (secondary N) is 8. The number of hydrogen-bond donors (Lipinski definition) is 10. The zero-order valence-electron chi connectivity index (χ0n) is 33.7. The van der Waals surface area contributed by atoms with Crippen LogP contribution in [-0.4, -0.2) is 138 Å². The Morgan fingerprint density at radius 3 is 1.98 bits per heavy atom. The van der Waals surface area contributed by atoms with Crippen LogP contribution in [0.5, 0.6) is 0 Å². The van der Waals surface area contributed by atoms with Crippen LogP contribution in [0.2, 0.25) is 0 Å². The highest BCUT2D eigenvalue weighted by atomic mass is 16.4. The number of amides is 6. The maximum absolute atomic E-state index is 14.3. The van der Waals surface area contributed by atoms with Crippen molar-refractivity contribution in [3.8, 4) is 0 Å². The van der Waals surface area contributed by atoms with Gasteiger partial charge >= 0.3 is 5.97 Å². The Hall–Kier alpha value is -6.15. The molecule has 20 heteroatoms. The summed E-state index contributed by atoms with van der Waals surface area (Å²) in [5.74, 6) is -5.73. The molecule has 5 rings (SSSR count). The smallest absolute Gasteiger partial charge is 0.326 e. The molecule has 3 aromatic rings. The van der Waals surface area contributed by atoms with Gasteiger partial charge in [0.2, 0.25) is 35.4 Å². The van der Waals surface area contributed by atoms with Crippen molar-refractivity contribution >= 4 is 41.4 Å². The van der Waals surface area contributed by atoms with Crippen LogP contribution < -0.4 is 31.9 Å². The van der Waals surface area contributed by atoms with E-state index in [1.165, 1.54) is 29.9 Å². The molecule has 0 saturated carbocycles. The molecular formula is C40H55N11O9. The third-order valence-corrected chi connectivity index (χ3v) is 10.9. The number of aromatic amines is 2. The van der Waals surface area contributed by atoms with Crippen LogP contribution in [-0.2, 0) is 52.8 Å². The van der Waals surface area contributed by atoms with E-state index in [2.05, 4.69) is 51.8 Å². The fourth-order valence-electron chi connectivity index (χ4n) is 7.33. The Morgan fingerprint density at radius 2 is 1.40 bits per heavy atom. The van der Waals surface area contributed by atoms with E-state index in [0.717, 1.165) is 6.42 Å². The third kappa shape index (κ3) is 12.2. The van der Waals surface area contributed by atoms with Gasteiger partial charge in [0, 0.05) is 49.6 Å². The average molecular weight is 834 g/mol. The molecule has 1 aromatic carbocycles. The molecule has 0 unspecified atom stereocenters. The number of aromatic nitrogens is 4. The Morgan fingerprint density at radius 1 is 0.767 bits per heavy atom. The summed E-state index contributed by atoms with van der Waals surface area (Å²) in [6.45, 7) is 3.50. The van der Waals surface area contributed by atoms with E-state index in [9.17, 15) is 43.8 Å². The molecule has 4 heterocycles. The highest BCUT2D eigenvalue weighted by Gasteiger charge is 2.41. The Balaban J connectivity index is 1.28. The zero-order valence-corrected chi connectivity index (χ0v) is 33.7. The first kappa shape index (κ1) is 44.9. The largest absolute Gasteiger partial charge is 0.480 e. The van der Waals surface area contributed by atoms with Crippen LogP contribution in [0.3, 0.4) is 0 Å². The van der Waals surface area contributed by atoms with Gasteiger partial charge in [-0.05, 0) is 43.7 Å². The molecule has 20 nitrogen and oxygen atoms in total. The molecule has 2 saturated heterocycles. The molecule has 6 amide bonds. The van der Waals surface area contributed by atoms with E-state index < -0.39 is 96.2 Å². The molecule has 8 atom stereocenters. The molecule has 324 valence electrons. The number of aliphatic hydroxyl groups is 1. The van der Waals surface area contributed by atoms with Crippen LogP contribution in [0.15, 0.2) is 55.4 Å².